The first-order valence-electron chi connectivity index (χ1n) is 15.7. The first kappa shape index (κ1) is 30.4. The van der Waals surface area contributed by atoms with E-state index in [4.69, 9.17) is 4.74 Å². The predicted molar refractivity (Wildman–Crippen MR) is 169 cm³/mol. The number of rotatable bonds is 7. The maximum absolute atomic E-state index is 14.2. The van der Waals surface area contributed by atoms with E-state index < -0.39 is 5.97 Å². The van der Waals surface area contributed by atoms with Gasteiger partial charge in [0, 0.05) is 36.7 Å². The van der Waals surface area contributed by atoms with Crippen molar-refractivity contribution in [3.8, 4) is 17.6 Å². The van der Waals surface area contributed by atoms with Crippen molar-refractivity contribution in [2.45, 2.75) is 104 Å². The number of hydrogen-bond acceptors (Lipinski definition) is 6. The standard InChI is InChI=1S/C34H45N3O4S/c1-23-9-11-24(12-10-23)32(38)37(28-22-27(17-18-34(2,3)4)42-30(28)33(39)40)25-13-15-26(16-14-25)41-29-8-7-19-35-31(29)36-20-5-6-21-36/h7-8,19,22-26H,5-6,9-16,20-21H2,1-4H3,(H,39,40)/t23-,24-,25-,26-. The third-order valence-corrected chi connectivity index (χ3v) is 9.82. The van der Waals surface area contributed by atoms with Gasteiger partial charge in [-0.25, -0.2) is 9.78 Å². The lowest BCUT2D eigenvalue weighted by Gasteiger charge is -2.39. The van der Waals surface area contributed by atoms with Gasteiger partial charge in [0.25, 0.3) is 0 Å². The summed E-state index contributed by atoms with van der Waals surface area (Å²) in [6.07, 6.45) is 11.1. The molecule has 0 unspecified atom stereocenters. The van der Waals surface area contributed by atoms with Crippen molar-refractivity contribution in [3.63, 3.8) is 0 Å². The number of thiophene rings is 1. The van der Waals surface area contributed by atoms with Crippen LogP contribution in [0.15, 0.2) is 24.4 Å². The van der Waals surface area contributed by atoms with Crippen molar-refractivity contribution in [2.75, 3.05) is 22.9 Å². The highest BCUT2D eigenvalue weighted by Gasteiger charge is 2.38. The molecule has 2 saturated carbocycles. The predicted octanol–water partition coefficient (Wildman–Crippen LogP) is 7.39. The van der Waals surface area contributed by atoms with Crippen molar-refractivity contribution in [2.24, 2.45) is 17.3 Å². The van der Waals surface area contributed by atoms with Crippen LogP contribution in [0, 0.1) is 29.1 Å². The maximum Gasteiger partial charge on any atom is 0.348 e. The molecule has 0 atom stereocenters. The lowest BCUT2D eigenvalue weighted by Crippen LogP contribution is -2.47. The van der Waals surface area contributed by atoms with E-state index in [0.29, 0.717) is 16.5 Å². The molecule has 0 spiro atoms. The summed E-state index contributed by atoms with van der Waals surface area (Å²) in [6, 6.07) is 5.71. The third-order valence-electron chi connectivity index (χ3n) is 8.79. The molecule has 3 fully saturated rings. The fourth-order valence-electron chi connectivity index (χ4n) is 6.46. The Kier molecular flexibility index (Phi) is 9.47. The number of ether oxygens (including phenoxy) is 1. The summed E-state index contributed by atoms with van der Waals surface area (Å²) in [6.45, 7) is 10.4. The minimum absolute atomic E-state index is 0.0360. The molecule has 2 aromatic rings. The van der Waals surface area contributed by atoms with Gasteiger partial charge < -0.3 is 19.6 Å². The number of amides is 1. The molecule has 2 aromatic heterocycles. The summed E-state index contributed by atoms with van der Waals surface area (Å²) in [5.41, 5.74) is 0.311. The van der Waals surface area contributed by atoms with E-state index in [2.05, 4.69) is 28.6 Å². The number of carbonyl (C=O) groups excluding carboxylic acids is 1. The lowest BCUT2D eigenvalue weighted by molar-refractivity contribution is -0.124. The summed E-state index contributed by atoms with van der Waals surface area (Å²) in [7, 11) is 0. The SMILES string of the molecule is CC(C)(C)C#Cc1cc(N(C(=O)[C@H]2CC[C@H](C)CC2)[C@H]2CC[C@H](Oc3cccnc3N3CCCC3)CC2)c(C(=O)O)s1. The molecule has 8 heteroatoms. The lowest BCUT2D eigenvalue weighted by atomic mass is 9.81. The molecule has 226 valence electrons. The number of anilines is 2. The topological polar surface area (TPSA) is 83.0 Å². The zero-order chi connectivity index (χ0) is 29.9. The van der Waals surface area contributed by atoms with Crippen LogP contribution in [0.2, 0.25) is 0 Å². The number of carboxylic acid groups (broad SMARTS) is 1. The smallest absolute Gasteiger partial charge is 0.348 e. The van der Waals surface area contributed by atoms with Gasteiger partial charge in [0.1, 0.15) is 4.88 Å². The van der Waals surface area contributed by atoms with E-state index in [-0.39, 0.29) is 34.3 Å². The average molecular weight is 592 g/mol. The van der Waals surface area contributed by atoms with Gasteiger partial charge in [0.15, 0.2) is 11.6 Å². The van der Waals surface area contributed by atoms with Gasteiger partial charge in [-0.3, -0.25) is 4.79 Å². The average Bonchev–Trinajstić information content (AvgIpc) is 3.64. The van der Waals surface area contributed by atoms with E-state index in [9.17, 15) is 14.7 Å². The Labute approximate surface area is 254 Å². The number of pyridine rings is 1. The molecule has 0 bridgehead atoms. The first-order chi connectivity index (χ1) is 20.1. The Hall–Kier alpha value is -3.05. The number of nitrogens with zero attached hydrogens (tertiary/aromatic N) is 3. The molecule has 42 heavy (non-hydrogen) atoms. The minimum Gasteiger partial charge on any atom is -0.487 e. The third kappa shape index (κ3) is 7.29. The van der Waals surface area contributed by atoms with Crippen molar-refractivity contribution in [1.29, 1.82) is 0 Å². The van der Waals surface area contributed by atoms with Gasteiger partial charge in [0.2, 0.25) is 5.91 Å². The quantitative estimate of drug-likeness (QED) is 0.338. The van der Waals surface area contributed by atoms with Gasteiger partial charge in [-0.2, -0.15) is 0 Å². The van der Waals surface area contributed by atoms with E-state index in [1.165, 1.54) is 24.2 Å². The van der Waals surface area contributed by atoms with Crippen LogP contribution in [0.1, 0.15) is 106 Å². The maximum atomic E-state index is 14.2. The minimum atomic E-state index is -1.00. The number of carboxylic acids is 1. The van der Waals surface area contributed by atoms with Gasteiger partial charge in [-0.15, -0.1) is 11.3 Å². The Balaban J connectivity index is 1.38. The molecule has 1 amide bonds. The van der Waals surface area contributed by atoms with Crippen molar-refractivity contribution >= 4 is 34.7 Å². The van der Waals surface area contributed by atoms with Crippen LogP contribution in [0.25, 0.3) is 0 Å². The highest BCUT2D eigenvalue weighted by Crippen LogP contribution is 2.40. The zero-order valence-electron chi connectivity index (χ0n) is 25.5. The molecule has 3 aliphatic rings. The van der Waals surface area contributed by atoms with Crippen LogP contribution in [0.5, 0.6) is 5.75 Å². The van der Waals surface area contributed by atoms with Crippen molar-refractivity contribution in [3.05, 3.63) is 34.2 Å². The number of carbonyl (C=O) groups is 2. The second kappa shape index (κ2) is 13.1. The molecule has 1 N–H and O–H groups in total. The highest BCUT2D eigenvalue weighted by atomic mass is 32.1. The monoisotopic (exact) mass is 591 g/mol. The molecular formula is C34H45N3O4S. The van der Waals surface area contributed by atoms with Crippen LogP contribution < -0.4 is 14.5 Å². The van der Waals surface area contributed by atoms with E-state index >= 15 is 0 Å². The van der Waals surface area contributed by atoms with Crippen LogP contribution in [-0.2, 0) is 4.79 Å². The Morgan fingerprint density at radius 2 is 1.76 bits per heavy atom. The highest BCUT2D eigenvalue weighted by molar-refractivity contribution is 7.15. The van der Waals surface area contributed by atoms with Crippen LogP contribution in [0.3, 0.4) is 0 Å². The molecule has 5 rings (SSSR count). The second-order valence-corrected chi connectivity index (χ2v) is 14.4. The molecule has 7 nitrogen and oxygen atoms in total. The fourth-order valence-corrected chi connectivity index (χ4v) is 7.31. The van der Waals surface area contributed by atoms with E-state index in [1.807, 2.05) is 50.1 Å². The van der Waals surface area contributed by atoms with E-state index in [1.54, 1.807) is 0 Å². The zero-order valence-corrected chi connectivity index (χ0v) is 26.3. The fraction of sp³-hybridized carbons (Fsp3) is 0.618. The Bertz CT molecular complexity index is 1310. The summed E-state index contributed by atoms with van der Waals surface area (Å²) in [5, 5.41) is 10.2. The number of aromatic nitrogens is 1. The van der Waals surface area contributed by atoms with Gasteiger partial charge in [-0.1, -0.05) is 18.8 Å². The normalized spacial score (nSPS) is 24.5. The summed E-state index contributed by atoms with van der Waals surface area (Å²) in [5.74, 6) is 7.80. The molecule has 1 aliphatic heterocycles. The molecule has 0 aromatic carbocycles. The van der Waals surface area contributed by atoms with Crippen LogP contribution in [-0.4, -0.2) is 47.2 Å². The summed E-state index contributed by atoms with van der Waals surface area (Å²) >= 11 is 1.18. The van der Waals surface area contributed by atoms with Crippen LogP contribution >= 0.6 is 11.3 Å². The number of aromatic carboxylic acids is 1. The molecule has 3 heterocycles. The second-order valence-electron chi connectivity index (χ2n) is 13.4. The molecular weight excluding hydrogens is 546 g/mol. The largest absolute Gasteiger partial charge is 0.487 e. The van der Waals surface area contributed by atoms with E-state index in [0.717, 1.165) is 76.0 Å². The van der Waals surface area contributed by atoms with Gasteiger partial charge in [-0.05, 0) is 109 Å². The number of hydrogen-bond donors (Lipinski definition) is 1. The Morgan fingerprint density at radius 3 is 2.40 bits per heavy atom. The molecule has 2 aliphatic carbocycles. The summed E-state index contributed by atoms with van der Waals surface area (Å²) < 4.78 is 6.53. The summed E-state index contributed by atoms with van der Waals surface area (Å²) in [4.78, 5) is 36.4. The van der Waals surface area contributed by atoms with Crippen molar-refractivity contribution < 1.29 is 19.4 Å². The van der Waals surface area contributed by atoms with Gasteiger partial charge in [0.05, 0.1) is 16.7 Å². The molecule has 1 saturated heterocycles. The first-order valence-corrected chi connectivity index (χ1v) is 16.5. The Morgan fingerprint density at radius 1 is 1.07 bits per heavy atom. The van der Waals surface area contributed by atoms with Crippen molar-refractivity contribution in [1.82, 2.24) is 4.98 Å². The van der Waals surface area contributed by atoms with Gasteiger partial charge >= 0.3 is 5.97 Å². The van der Waals surface area contributed by atoms with Crippen LogP contribution in [0.4, 0.5) is 11.5 Å². The molecule has 0 radical (unpaired) electrons.